The minimum Gasteiger partial charge on any atom is -0.326 e. The van der Waals surface area contributed by atoms with Crippen LogP contribution in [0.1, 0.15) is 35.8 Å². The Labute approximate surface area is 157 Å². The summed E-state index contributed by atoms with van der Waals surface area (Å²) in [6.07, 6.45) is 4.26. The van der Waals surface area contributed by atoms with Gasteiger partial charge in [-0.15, -0.1) is 0 Å². The molecule has 0 saturated heterocycles. The molecule has 1 aliphatic carbocycles. The van der Waals surface area contributed by atoms with E-state index in [0.29, 0.717) is 5.92 Å². The van der Waals surface area contributed by atoms with Crippen LogP contribution in [0.4, 0.5) is 5.69 Å². The highest BCUT2D eigenvalue weighted by molar-refractivity contribution is 6.32. The van der Waals surface area contributed by atoms with Crippen LogP contribution in [0.5, 0.6) is 0 Å². The molecule has 5 nitrogen and oxygen atoms in total. The van der Waals surface area contributed by atoms with Gasteiger partial charge in [0.1, 0.15) is 0 Å². The molecule has 26 heavy (non-hydrogen) atoms. The SMILES string of the molecule is Cc1nn(-c2ccc(NC(=O)Cc3ccccn3)cc2)c(C2CC2)c1Cl. The molecular formula is C20H19ClN4O. The van der Waals surface area contributed by atoms with Crippen LogP contribution in [0.3, 0.4) is 0 Å². The Hall–Kier alpha value is -2.66. The predicted octanol–water partition coefficient (Wildman–Crippen LogP) is 4.29. The molecule has 1 fully saturated rings. The molecule has 4 rings (SSSR count). The van der Waals surface area contributed by atoms with E-state index in [2.05, 4.69) is 15.4 Å². The van der Waals surface area contributed by atoms with Crippen molar-refractivity contribution in [3.8, 4) is 5.69 Å². The van der Waals surface area contributed by atoms with E-state index in [1.165, 1.54) is 0 Å². The van der Waals surface area contributed by atoms with E-state index in [9.17, 15) is 4.79 Å². The Morgan fingerprint density at radius 1 is 1.23 bits per heavy atom. The number of carbonyl (C=O) groups is 1. The zero-order valence-electron chi connectivity index (χ0n) is 14.4. The van der Waals surface area contributed by atoms with Crippen molar-refractivity contribution in [1.29, 1.82) is 0 Å². The van der Waals surface area contributed by atoms with Gasteiger partial charge in [0.15, 0.2) is 0 Å². The molecular weight excluding hydrogens is 348 g/mol. The molecule has 132 valence electrons. The number of halogens is 1. The fourth-order valence-corrected chi connectivity index (χ4v) is 3.26. The maximum Gasteiger partial charge on any atom is 0.230 e. The smallest absolute Gasteiger partial charge is 0.230 e. The Morgan fingerprint density at radius 2 is 2.00 bits per heavy atom. The zero-order chi connectivity index (χ0) is 18.1. The van der Waals surface area contributed by atoms with Gasteiger partial charge in [-0.1, -0.05) is 17.7 Å². The van der Waals surface area contributed by atoms with E-state index in [4.69, 9.17) is 11.6 Å². The van der Waals surface area contributed by atoms with Gasteiger partial charge >= 0.3 is 0 Å². The molecule has 6 heteroatoms. The average Bonchev–Trinajstić information content (AvgIpc) is 3.43. The number of aromatic nitrogens is 3. The largest absolute Gasteiger partial charge is 0.326 e. The maximum absolute atomic E-state index is 12.2. The second-order valence-electron chi connectivity index (χ2n) is 6.56. The van der Waals surface area contributed by atoms with Gasteiger partial charge in [0.2, 0.25) is 5.91 Å². The quantitative estimate of drug-likeness (QED) is 0.732. The number of nitrogens with zero attached hydrogens (tertiary/aromatic N) is 3. The van der Waals surface area contributed by atoms with Crippen LogP contribution >= 0.6 is 11.6 Å². The van der Waals surface area contributed by atoms with E-state index in [-0.39, 0.29) is 12.3 Å². The molecule has 0 bridgehead atoms. The Morgan fingerprint density at radius 3 is 2.65 bits per heavy atom. The molecule has 1 aliphatic rings. The highest BCUT2D eigenvalue weighted by Crippen LogP contribution is 2.44. The van der Waals surface area contributed by atoms with Crippen LogP contribution in [-0.4, -0.2) is 20.7 Å². The molecule has 1 N–H and O–H groups in total. The monoisotopic (exact) mass is 366 g/mol. The predicted molar refractivity (Wildman–Crippen MR) is 102 cm³/mol. The summed E-state index contributed by atoms with van der Waals surface area (Å²) in [7, 11) is 0. The van der Waals surface area contributed by atoms with Crippen molar-refractivity contribution in [2.45, 2.75) is 32.1 Å². The van der Waals surface area contributed by atoms with E-state index < -0.39 is 0 Å². The molecule has 0 unspecified atom stereocenters. The van der Waals surface area contributed by atoms with Crippen LogP contribution in [0.25, 0.3) is 5.69 Å². The Balaban J connectivity index is 1.49. The Bertz CT molecular complexity index is 930. The summed E-state index contributed by atoms with van der Waals surface area (Å²) in [5.41, 5.74) is 4.39. The van der Waals surface area contributed by atoms with Gasteiger partial charge in [-0.25, -0.2) is 4.68 Å². The lowest BCUT2D eigenvalue weighted by Gasteiger charge is -2.09. The number of amides is 1. The molecule has 1 aromatic carbocycles. The van der Waals surface area contributed by atoms with Gasteiger partial charge in [-0.2, -0.15) is 5.10 Å². The first-order chi connectivity index (χ1) is 12.6. The van der Waals surface area contributed by atoms with E-state index >= 15 is 0 Å². The number of rotatable bonds is 5. The molecule has 3 aromatic rings. The summed E-state index contributed by atoms with van der Waals surface area (Å²) < 4.78 is 1.93. The van der Waals surface area contributed by atoms with Crippen molar-refractivity contribution < 1.29 is 4.79 Å². The number of anilines is 1. The molecule has 0 spiro atoms. The minimum atomic E-state index is -0.0897. The van der Waals surface area contributed by atoms with E-state index in [0.717, 1.165) is 46.3 Å². The number of benzene rings is 1. The van der Waals surface area contributed by atoms with Crippen molar-refractivity contribution in [2.75, 3.05) is 5.32 Å². The van der Waals surface area contributed by atoms with Gasteiger partial charge in [0, 0.05) is 23.5 Å². The number of pyridine rings is 1. The lowest BCUT2D eigenvalue weighted by molar-refractivity contribution is -0.115. The Kier molecular flexibility index (Phi) is 4.47. The molecule has 0 aliphatic heterocycles. The molecule has 2 heterocycles. The third kappa shape index (κ3) is 3.48. The number of aryl methyl sites for hydroxylation is 1. The highest BCUT2D eigenvalue weighted by atomic mass is 35.5. The molecule has 0 radical (unpaired) electrons. The van der Waals surface area contributed by atoms with Crippen LogP contribution in [0, 0.1) is 6.92 Å². The summed E-state index contributed by atoms with van der Waals surface area (Å²) in [6, 6.07) is 13.2. The lowest BCUT2D eigenvalue weighted by atomic mass is 10.2. The van der Waals surface area contributed by atoms with Crippen LogP contribution in [0.2, 0.25) is 5.02 Å². The van der Waals surface area contributed by atoms with Gasteiger partial charge in [-0.3, -0.25) is 9.78 Å². The second kappa shape index (κ2) is 6.92. The summed E-state index contributed by atoms with van der Waals surface area (Å²) in [5.74, 6) is 0.412. The first-order valence-electron chi connectivity index (χ1n) is 8.67. The molecule has 0 atom stereocenters. The fourth-order valence-electron chi connectivity index (χ4n) is 2.99. The van der Waals surface area contributed by atoms with Crippen molar-refractivity contribution in [2.24, 2.45) is 0 Å². The maximum atomic E-state index is 12.2. The van der Waals surface area contributed by atoms with Crippen LogP contribution in [0.15, 0.2) is 48.7 Å². The zero-order valence-corrected chi connectivity index (χ0v) is 15.2. The number of nitrogens with one attached hydrogen (secondary N) is 1. The molecule has 1 saturated carbocycles. The second-order valence-corrected chi connectivity index (χ2v) is 6.94. The summed E-state index contributed by atoms with van der Waals surface area (Å²) in [4.78, 5) is 16.3. The van der Waals surface area contributed by atoms with Crippen molar-refractivity contribution in [3.63, 3.8) is 0 Å². The standard InChI is InChI=1S/C20H19ClN4O/c1-13-19(21)20(14-5-6-14)25(24-13)17-9-7-15(8-10-17)23-18(26)12-16-4-2-3-11-22-16/h2-4,7-11,14H,5-6,12H2,1H3,(H,23,26). The lowest BCUT2D eigenvalue weighted by Crippen LogP contribution is -2.15. The number of carbonyl (C=O) groups excluding carboxylic acids is 1. The van der Waals surface area contributed by atoms with Gasteiger partial charge in [0.25, 0.3) is 0 Å². The van der Waals surface area contributed by atoms with Crippen LogP contribution in [-0.2, 0) is 11.2 Å². The first kappa shape index (κ1) is 16.8. The van der Waals surface area contributed by atoms with Gasteiger partial charge < -0.3 is 5.32 Å². The number of hydrogen-bond acceptors (Lipinski definition) is 3. The highest BCUT2D eigenvalue weighted by Gasteiger charge is 2.31. The van der Waals surface area contributed by atoms with E-state index in [1.807, 2.05) is 54.1 Å². The first-order valence-corrected chi connectivity index (χ1v) is 9.05. The van der Waals surface area contributed by atoms with E-state index in [1.54, 1.807) is 6.20 Å². The van der Waals surface area contributed by atoms with Crippen LogP contribution < -0.4 is 5.32 Å². The third-order valence-electron chi connectivity index (χ3n) is 4.45. The fraction of sp³-hybridized carbons (Fsp3) is 0.250. The van der Waals surface area contributed by atoms with Crippen molar-refractivity contribution >= 4 is 23.2 Å². The molecule has 2 aromatic heterocycles. The summed E-state index contributed by atoms with van der Waals surface area (Å²) in [6.45, 7) is 1.93. The van der Waals surface area contributed by atoms with Crippen molar-refractivity contribution in [1.82, 2.24) is 14.8 Å². The van der Waals surface area contributed by atoms with Gasteiger partial charge in [-0.05, 0) is 56.2 Å². The third-order valence-corrected chi connectivity index (χ3v) is 4.92. The minimum absolute atomic E-state index is 0.0897. The van der Waals surface area contributed by atoms with Crippen molar-refractivity contribution in [3.05, 3.63) is 70.8 Å². The molecule has 1 amide bonds. The topological polar surface area (TPSA) is 59.8 Å². The average molecular weight is 367 g/mol. The number of hydrogen-bond donors (Lipinski definition) is 1. The summed E-state index contributed by atoms with van der Waals surface area (Å²) >= 11 is 6.43. The normalized spacial score (nSPS) is 13.6. The van der Waals surface area contributed by atoms with Gasteiger partial charge in [0.05, 0.1) is 28.5 Å². The summed E-state index contributed by atoms with van der Waals surface area (Å²) in [5, 5.41) is 8.24.